The monoisotopic (exact) mass is 627 g/mol. The number of benzene rings is 8. The number of fused-ring (bicyclic) bond motifs is 7. The van der Waals surface area contributed by atoms with Crippen LogP contribution >= 0.6 is 0 Å². The third-order valence-corrected chi connectivity index (χ3v) is 9.49. The number of aliphatic imine (C=N–C) groups is 1. The van der Waals surface area contributed by atoms with Crippen LogP contribution in [0.5, 0.6) is 0 Å². The quantitative estimate of drug-likeness (QED) is 0.138. The lowest BCUT2D eigenvalue weighted by molar-refractivity contribution is 1.18. The van der Waals surface area contributed by atoms with Gasteiger partial charge in [-0.2, -0.15) is 0 Å². The number of rotatable bonds is 7. The highest BCUT2D eigenvalue weighted by Crippen LogP contribution is 2.48. The summed E-state index contributed by atoms with van der Waals surface area (Å²) >= 11 is 0. The van der Waals surface area contributed by atoms with Gasteiger partial charge in [0, 0.05) is 22.0 Å². The van der Waals surface area contributed by atoms with E-state index >= 15 is 0 Å². The smallest absolute Gasteiger partial charge is 0.100 e. The van der Waals surface area contributed by atoms with Gasteiger partial charge in [-0.3, -0.25) is 4.57 Å². The maximum Gasteiger partial charge on any atom is 0.100 e. The molecule has 0 bridgehead atoms. The number of anilines is 2. The number of aromatic nitrogens is 1. The van der Waals surface area contributed by atoms with Crippen molar-refractivity contribution < 1.29 is 0 Å². The summed E-state index contributed by atoms with van der Waals surface area (Å²) in [7, 11) is 0. The highest BCUT2D eigenvalue weighted by atomic mass is 15.0. The molecule has 49 heavy (non-hydrogen) atoms. The zero-order valence-electron chi connectivity index (χ0n) is 26.9. The molecule has 0 saturated carbocycles. The Hall–Kier alpha value is -6.45. The van der Waals surface area contributed by atoms with Gasteiger partial charge < -0.3 is 5.32 Å². The van der Waals surface area contributed by atoms with Gasteiger partial charge in [-0.05, 0) is 68.9 Å². The molecule has 1 heterocycles. The van der Waals surface area contributed by atoms with Gasteiger partial charge in [0.05, 0.1) is 22.4 Å². The lowest BCUT2D eigenvalue weighted by atomic mass is 9.92. The van der Waals surface area contributed by atoms with E-state index in [1.165, 1.54) is 49.0 Å². The fourth-order valence-electron chi connectivity index (χ4n) is 7.30. The Morgan fingerprint density at radius 2 is 1.16 bits per heavy atom. The van der Waals surface area contributed by atoms with Crippen LogP contribution in [-0.2, 0) is 6.42 Å². The van der Waals surface area contributed by atoms with Gasteiger partial charge >= 0.3 is 0 Å². The fraction of sp³-hybridized carbons (Fsp3) is 0.0217. The van der Waals surface area contributed by atoms with Crippen molar-refractivity contribution >= 4 is 66.8 Å². The molecule has 8 aromatic carbocycles. The SMILES string of the molecule is C(=N\c1ccccc1Cc1ccccc1)/n1c2ccc3ccccc3c2c2c3ccccc3c(-c3ccccc3)c(Nc3ccccc3)c21. The molecule has 0 amide bonds. The summed E-state index contributed by atoms with van der Waals surface area (Å²) < 4.78 is 2.31. The minimum absolute atomic E-state index is 0.815. The Balaban J connectivity index is 1.40. The van der Waals surface area contributed by atoms with Crippen molar-refractivity contribution in [2.24, 2.45) is 4.99 Å². The van der Waals surface area contributed by atoms with E-state index in [2.05, 4.69) is 186 Å². The summed E-state index contributed by atoms with van der Waals surface area (Å²) in [5.74, 6) is 0. The van der Waals surface area contributed by atoms with Gasteiger partial charge in [0.25, 0.3) is 0 Å². The molecule has 3 nitrogen and oxygen atoms in total. The Labute approximate surface area is 285 Å². The van der Waals surface area contributed by atoms with Crippen LogP contribution in [0.25, 0.3) is 54.5 Å². The lowest BCUT2D eigenvalue weighted by Crippen LogP contribution is -2.02. The van der Waals surface area contributed by atoms with Gasteiger partial charge in [-0.15, -0.1) is 0 Å². The normalized spacial score (nSPS) is 11.7. The molecule has 232 valence electrons. The minimum Gasteiger partial charge on any atom is -0.353 e. The van der Waals surface area contributed by atoms with Crippen LogP contribution < -0.4 is 5.32 Å². The molecular formula is C46H33N3. The predicted molar refractivity (Wildman–Crippen MR) is 209 cm³/mol. The molecule has 0 aliphatic heterocycles. The summed E-state index contributed by atoms with van der Waals surface area (Å²) in [4.78, 5) is 5.27. The molecular weight excluding hydrogens is 595 g/mol. The Bertz CT molecular complexity index is 2640. The van der Waals surface area contributed by atoms with E-state index in [0.29, 0.717) is 0 Å². The van der Waals surface area contributed by atoms with Crippen LogP contribution in [0.1, 0.15) is 11.1 Å². The molecule has 0 fully saturated rings. The van der Waals surface area contributed by atoms with Crippen LogP contribution in [0.3, 0.4) is 0 Å². The average molecular weight is 628 g/mol. The summed E-state index contributed by atoms with van der Waals surface area (Å²) in [5.41, 5.74) is 10.0. The van der Waals surface area contributed by atoms with Crippen molar-refractivity contribution in [2.45, 2.75) is 6.42 Å². The Kier molecular flexibility index (Phi) is 7.21. The highest BCUT2D eigenvalue weighted by Gasteiger charge is 2.23. The number of para-hydroxylation sites is 2. The standard InChI is InChI=1S/C46H33N3/c1-4-16-32(17-5-1)30-35-21-11-15-27-40(35)47-31-49-41-29-28-33-18-10-12-24-37(33)43(41)44-39-26-14-13-25-38(39)42(34-19-6-2-7-20-34)45(46(44)49)48-36-22-8-3-9-23-36/h1-29,31,48H,30H2/b47-31+. The summed E-state index contributed by atoms with van der Waals surface area (Å²) in [6.45, 7) is 0. The van der Waals surface area contributed by atoms with E-state index in [4.69, 9.17) is 4.99 Å². The number of nitrogens with zero attached hydrogens (tertiary/aromatic N) is 2. The van der Waals surface area contributed by atoms with Gasteiger partial charge in [0.15, 0.2) is 0 Å². The lowest BCUT2D eigenvalue weighted by Gasteiger charge is -2.19. The number of hydrogen-bond acceptors (Lipinski definition) is 2. The summed E-state index contributed by atoms with van der Waals surface area (Å²) in [5, 5.41) is 11.2. The molecule has 3 heteroatoms. The van der Waals surface area contributed by atoms with Crippen molar-refractivity contribution in [3.05, 3.63) is 187 Å². The van der Waals surface area contributed by atoms with Gasteiger partial charge in [-0.1, -0.05) is 152 Å². The second-order valence-electron chi connectivity index (χ2n) is 12.5. The number of nitrogens with one attached hydrogen (secondary N) is 1. The molecule has 1 N–H and O–H groups in total. The number of hydrogen-bond donors (Lipinski definition) is 1. The van der Waals surface area contributed by atoms with Gasteiger partial charge in [0.1, 0.15) is 6.34 Å². The first-order valence-electron chi connectivity index (χ1n) is 16.8. The first-order chi connectivity index (χ1) is 24.3. The molecule has 0 spiro atoms. The summed E-state index contributed by atoms with van der Waals surface area (Å²) in [6.07, 6.45) is 2.85. The van der Waals surface area contributed by atoms with Crippen molar-refractivity contribution in [1.29, 1.82) is 0 Å². The Morgan fingerprint density at radius 3 is 1.96 bits per heavy atom. The molecule has 0 saturated heterocycles. The zero-order chi connectivity index (χ0) is 32.6. The van der Waals surface area contributed by atoms with Gasteiger partial charge in [-0.25, -0.2) is 4.99 Å². The first-order valence-corrected chi connectivity index (χ1v) is 16.8. The van der Waals surface area contributed by atoms with Crippen LogP contribution in [0, 0.1) is 0 Å². The van der Waals surface area contributed by atoms with Crippen LogP contribution in [0.2, 0.25) is 0 Å². The third-order valence-electron chi connectivity index (χ3n) is 9.49. The maximum atomic E-state index is 5.27. The van der Waals surface area contributed by atoms with E-state index in [9.17, 15) is 0 Å². The molecule has 9 aromatic rings. The molecule has 0 radical (unpaired) electrons. The van der Waals surface area contributed by atoms with Crippen molar-refractivity contribution in [1.82, 2.24) is 4.57 Å². The average Bonchev–Trinajstić information content (AvgIpc) is 3.51. The maximum absolute atomic E-state index is 5.27. The molecule has 0 aliphatic carbocycles. The third kappa shape index (κ3) is 5.13. The van der Waals surface area contributed by atoms with E-state index in [-0.39, 0.29) is 0 Å². The van der Waals surface area contributed by atoms with E-state index < -0.39 is 0 Å². The fourth-order valence-corrected chi connectivity index (χ4v) is 7.30. The summed E-state index contributed by atoms with van der Waals surface area (Å²) in [6, 6.07) is 62.3. The largest absolute Gasteiger partial charge is 0.353 e. The predicted octanol–water partition coefficient (Wildman–Crippen LogP) is 12.3. The molecule has 1 aromatic heterocycles. The topological polar surface area (TPSA) is 29.3 Å². The van der Waals surface area contributed by atoms with Gasteiger partial charge in [0.2, 0.25) is 0 Å². The first kappa shape index (κ1) is 28.7. The minimum atomic E-state index is 0.815. The van der Waals surface area contributed by atoms with E-state index in [1.807, 2.05) is 6.34 Å². The Morgan fingerprint density at radius 1 is 0.531 bits per heavy atom. The van der Waals surface area contributed by atoms with Crippen LogP contribution in [0.15, 0.2) is 181 Å². The van der Waals surface area contributed by atoms with Crippen molar-refractivity contribution in [3.63, 3.8) is 0 Å². The highest BCUT2D eigenvalue weighted by molar-refractivity contribution is 6.34. The second-order valence-corrected chi connectivity index (χ2v) is 12.5. The van der Waals surface area contributed by atoms with Crippen LogP contribution in [-0.4, -0.2) is 10.9 Å². The van der Waals surface area contributed by atoms with Crippen molar-refractivity contribution in [2.75, 3.05) is 5.32 Å². The van der Waals surface area contributed by atoms with E-state index in [0.717, 1.165) is 40.1 Å². The van der Waals surface area contributed by atoms with Crippen molar-refractivity contribution in [3.8, 4) is 11.1 Å². The second kappa shape index (κ2) is 12.3. The molecule has 0 atom stereocenters. The molecule has 0 unspecified atom stereocenters. The van der Waals surface area contributed by atoms with E-state index in [1.54, 1.807) is 0 Å². The molecule has 0 aliphatic rings. The van der Waals surface area contributed by atoms with Crippen LogP contribution in [0.4, 0.5) is 17.1 Å². The molecule has 9 rings (SSSR count). The zero-order valence-corrected chi connectivity index (χ0v) is 26.9.